The van der Waals surface area contributed by atoms with Gasteiger partial charge in [0.25, 0.3) is 0 Å². The van der Waals surface area contributed by atoms with E-state index < -0.39 is 0 Å². The SMILES string of the molecule is C.CC(C)(C)[N+]#N.[CH3-]. The molecule has 2 heteroatoms. The molecule has 0 bridgehead atoms. The van der Waals surface area contributed by atoms with Crippen LogP contribution in [0.15, 0.2) is 0 Å². The summed E-state index contributed by atoms with van der Waals surface area (Å²) in [6.07, 6.45) is 0. The fraction of sp³-hybridized carbons (Fsp3) is 0.833. The van der Waals surface area contributed by atoms with Gasteiger partial charge in [-0.05, 0) is 0 Å². The van der Waals surface area contributed by atoms with Gasteiger partial charge in [0.05, 0.1) is 0 Å². The highest BCUT2D eigenvalue weighted by atomic mass is 14.9. The highest BCUT2D eigenvalue weighted by Crippen LogP contribution is 2.03. The first-order valence-corrected chi connectivity index (χ1v) is 1.92. The van der Waals surface area contributed by atoms with E-state index in [1.807, 2.05) is 20.8 Å². The molecule has 0 spiro atoms. The minimum atomic E-state index is -0.278. The molecule has 0 aliphatic carbocycles. The van der Waals surface area contributed by atoms with Gasteiger partial charge >= 0.3 is 5.54 Å². The fourth-order valence-corrected chi connectivity index (χ4v) is 0. The third-order valence-corrected chi connectivity index (χ3v) is 0.300. The monoisotopic (exact) mass is 116 g/mol. The summed E-state index contributed by atoms with van der Waals surface area (Å²) in [5.41, 5.74) is -0.278. The van der Waals surface area contributed by atoms with Gasteiger partial charge in [0.1, 0.15) is 4.98 Å². The lowest BCUT2D eigenvalue weighted by Crippen LogP contribution is -2.04. The summed E-state index contributed by atoms with van der Waals surface area (Å²) >= 11 is 0. The van der Waals surface area contributed by atoms with Gasteiger partial charge in [-0.25, -0.2) is 0 Å². The van der Waals surface area contributed by atoms with E-state index in [-0.39, 0.29) is 20.4 Å². The van der Waals surface area contributed by atoms with Crippen LogP contribution in [-0.2, 0) is 0 Å². The number of diazo groups is 1. The Bertz CT molecular complexity index is 73.5. The lowest BCUT2D eigenvalue weighted by Gasteiger charge is -1.84. The van der Waals surface area contributed by atoms with Crippen LogP contribution in [0.5, 0.6) is 0 Å². The Labute approximate surface area is 52.5 Å². The molecule has 0 N–H and O–H groups in total. The standard InChI is InChI=1S/C4H9N2.CH4.CH3/c1-4(2,3)6-5;;/h1-3H3;1H4;1H3/q+1;;-1. The molecule has 2 nitrogen and oxygen atoms in total. The molecule has 0 aliphatic rings. The van der Waals surface area contributed by atoms with Gasteiger partial charge in [-0.2, -0.15) is 0 Å². The molecule has 50 valence electrons. The maximum absolute atomic E-state index is 8.03. The van der Waals surface area contributed by atoms with E-state index in [0.29, 0.717) is 0 Å². The van der Waals surface area contributed by atoms with Crippen molar-refractivity contribution in [3.63, 3.8) is 0 Å². The third-order valence-electron chi connectivity index (χ3n) is 0.300. The summed E-state index contributed by atoms with van der Waals surface area (Å²) in [5.74, 6) is 0. The first kappa shape index (κ1) is 15.7. The Morgan fingerprint density at radius 1 is 1.25 bits per heavy atom. The van der Waals surface area contributed by atoms with Gasteiger partial charge in [0.2, 0.25) is 5.39 Å². The summed E-state index contributed by atoms with van der Waals surface area (Å²) in [5, 5.41) is 8.03. The summed E-state index contributed by atoms with van der Waals surface area (Å²) in [6.45, 7) is 5.48. The fourth-order valence-electron chi connectivity index (χ4n) is 0. The minimum Gasteiger partial charge on any atom is -0.358 e. The average Bonchev–Trinajstić information content (AvgIpc) is 1.35. The third kappa shape index (κ3) is 18.1. The second-order valence-corrected chi connectivity index (χ2v) is 2.27. The molecule has 0 amide bonds. The van der Waals surface area contributed by atoms with Gasteiger partial charge in [-0.1, -0.05) is 7.43 Å². The predicted octanol–water partition coefficient (Wildman–Crippen LogP) is 2.72. The zero-order valence-corrected chi connectivity index (χ0v) is 5.39. The van der Waals surface area contributed by atoms with Crippen LogP contribution < -0.4 is 0 Å². The molecular weight excluding hydrogens is 100 g/mol. The van der Waals surface area contributed by atoms with E-state index in [1.165, 1.54) is 0 Å². The molecule has 8 heavy (non-hydrogen) atoms. The van der Waals surface area contributed by atoms with Crippen LogP contribution in [0, 0.1) is 12.8 Å². The van der Waals surface area contributed by atoms with Gasteiger partial charge in [0.15, 0.2) is 0 Å². The second-order valence-electron chi connectivity index (χ2n) is 2.27. The molecule has 0 aliphatic heterocycles. The number of nitrogens with zero attached hydrogens (tertiary/aromatic N) is 2. The van der Waals surface area contributed by atoms with Crippen molar-refractivity contribution >= 4 is 0 Å². The van der Waals surface area contributed by atoms with Crippen LogP contribution in [0.25, 0.3) is 4.98 Å². The van der Waals surface area contributed by atoms with Crippen molar-refractivity contribution in [3.8, 4) is 0 Å². The maximum atomic E-state index is 8.03. The molecule has 0 radical (unpaired) electrons. The quantitative estimate of drug-likeness (QED) is 0.353. The minimum absolute atomic E-state index is 0. The molecule has 0 saturated heterocycles. The average molecular weight is 116 g/mol. The zero-order chi connectivity index (χ0) is 5.21. The predicted molar refractivity (Wildman–Crippen MR) is 38.0 cm³/mol. The Morgan fingerprint density at radius 3 is 1.38 bits per heavy atom. The highest BCUT2D eigenvalue weighted by Gasteiger charge is 2.21. The first-order valence-electron chi connectivity index (χ1n) is 1.92. The molecule has 0 rings (SSSR count). The van der Waals surface area contributed by atoms with Crippen molar-refractivity contribution in [2.75, 3.05) is 0 Å². The molecule has 0 unspecified atom stereocenters. The van der Waals surface area contributed by atoms with E-state index in [4.69, 9.17) is 5.39 Å². The highest BCUT2D eigenvalue weighted by molar-refractivity contribution is 4.80. The zero-order valence-electron chi connectivity index (χ0n) is 5.39. The Hall–Kier alpha value is -0.580. The maximum Gasteiger partial charge on any atom is 0.314 e. The van der Waals surface area contributed by atoms with Crippen LogP contribution in [0.4, 0.5) is 0 Å². The van der Waals surface area contributed by atoms with E-state index >= 15 is 0 Å². The van der Waals surface area contributed by atoms with Gasteiger partial charge in [-0.15, -0.1) is 0 Å². The summed E-state index contributed by atoms with van der Waals surface area (Å²) in [4.78, 5) is 3.02. The molecule has 0 aromatic rings. The number of hydrogen-bond acceptors (Lipinski definition) is 1. The normalized spacial score (nSPS) is 7.75. The molecule has 0 atom stereocenters. The van der Waals surface area contributed by atoms with E-state index in [2.05, 4.69) is 4.98 Å². The van der Waals surface area contributed by atoms with Crippen molar-refractivity contribution in [1.29, 1.82) is 5.39 Å². The second kappa shape index (κ2) is 4.58. The topological polar surface area (TPSA) is 28.1 Å². The van der Waals surface area contributed by atoms with Crippen molar-refractivity contribution in [3.05, 3.63) is 12.4 Å². The van der Waals surface area contributed by atoms with Crippen LogP contribution >= 0.6 is 0 Å². The van der Waals surface area contributed by atoms with Crippen molar-refractivity contribution in [1.82, 2.24) is 0 Å². The van der Waals surface area contributed by atoms with Crippen molar-refractivity contribution in [2.45, 2.75) is 33.7 Å². The largest absolute Gasteiger partial charge is 0.358 e. The van der Waals surface area contributed by atoms with Crippen LogP contribution in [0.1, 0.15) is 28.2 Å². The molecule has 0 saturated carbocycles. The lowest BCUT2D eigenvalue weighted by atomic mass is 10.1. The van der Waals surface area contributed by atoms with E-state index in [9.17, 15) is 0 Å². The Balaban J connectivity index is -0.000000125. The van der Waals surface area contributed by atoms with Crippen LogP contribution in [-0.4, -0.2) is 5.54 Å². The van der Waals surface area contributed by atoms with E-state index in [0.717, 1.165) is 0 Å². The van der Waals surface area contributed by atoms with Gasteiger partial charge in [-0.3, -0.25) is 0 Å². The first-order chi connectivity index (χ1) is 2.56. The number of rotatable bonds is 0. The van der Waals surface area contributed by atoms with Gasteiger partial charge in [0, 0.05) is 20.8 Å². The Kier molecular flexibility index (Phi) is 8.95. The molecule has 0 fully saturated rings. The van der Waals surface area contributed by atoms with Crippen LogP contribution in [0.2, 0.25) is 0 Å². The Morgan fingerprint density at radius 2 is 1.38 bits per heavy atom. The van der Waals surface area contributed by atoms with Crippen molar-refractivity contribution in [2.24, 2.45) is 0 Å². The number of hydrogen-bond donors (Lipinski definition) is 0. The van der Waals surface area contributed by atoms with Gasteiger partial charge < -0.3 is 7.43 Å². The summed E-state index contributed by atoms with van der Waals surface area (Å²) in [7, 11) is 0. The molecule has 0 aromatic carbocycles. The molecule has 0 heterocycles. The van der Waals surface area contributed by atoms with Crippen molar-refractivity contribution < 1.29 is 0 Å². The molecule has 0 aromatic heterocycles. The summed E-state index contributed by atoms with van der Waals surface area (Å²) < 4.78 is 0. The van der Waals surface area contributed by atoms with E-state index in [1.54, 1.807) is 0 Å². The lowest BCUT2D eigenvalue weighted by molar-refractivity contribution is 0.673. The van der Waals surface area contributed by atoms with Crippen LogP contribution in [0.3, 0.4) is 0 Å². The molecular formula is C6H16N2. The smallest absolute Gasteiger partial charge is 0.314 e. The summed E-state index contributed by atoms with van der Waals surface area (Å²) in [6, 6.07) is 0.